The summed E-state index contributed by atoms with van der Waals surface area (Å²) >= 11 is 1.67. The number of rotatable bonds is 9. The Morgan fingerprint density at radius 1 is 1.35 bits per heavy atom. The van der Waals surface area contributed by atoms with Crippen LogP contribution in [-0.4, -0.2) is 51.0 Å². The second kappa shape index (κ2) is 10.6. The number of nitrogens with zero attached hydrogens (tertiary/aromatic N) is 2. The highest BCUT2D eigenvalue weighted by molar-refractivity contribution is 7.11. The van der Waals surface area contributed by atoms with Gasteiger partial charge in [-0.2, -0.15) is 0 Å². The van der Waals surface area contributed by atoms with Crippen molar-refractivity contribution in [2.24, 2.45) is 4.99 Å². The summed E-state index contributed by atoms with van der Waals surface area (Å²) in [5, 5.41) is 7.45. The number of aryl methyl sites for hydroxylation is 1. The Morgan fingerprint density at radius 2 is 2.20 bits per heavy atom. The number of nitrogens with one attached hydrogen (secondary N) is 2. The number of thiazole rings is 1. The number of aliphatic imine (C=N–C) groups is 1. The first-order valence-corrected chi connectivity index (χ1v) is 7.58. The van der Waals surface area contributed by atoms with Gasteiger partial charge in [-0.1, -0.05) is 0 Å². The maximum absolute atomic E-state index is 5.39. The van der Waals surface area contributed by atoms with Crippen LogP contribution < -0.4 is 10.6 Å². The van der Waals surface area contributed by atoms with E-state index >= 15 is 0 Å². The molecule has 0 aliphatic carbocycles. The fourth-order valence-corrected chi connectivity index (χ4v) is 2.16. The summed E-state index contributed by atoms with van der Waals surface area (Å²) in [4.78, 5) is 10.00. The van der Waals surface area contributed by atoms with Crippen LogP contribution in [-0.2, 0) is 16.0 Å². The number of guanidine groups is 1. The first-order chi connectivity index (χ1) is 9.76. The Balaban J connectivity index is 2.28. The van der Waals surface area contributed by atoms with Crippen LogP contribution in [0.3, 0.4) is 0 Å². The van der Waals surface area contributed by atoms with Crippen molar-refractivity contribution in [3.63, 3.8) is 0 Å². The van der Waals surface area contributed by atoms with Crippen LogP contribution in [0, 0.1) is 6.92 Å². The van der Waals surface area contributed by atoms with Gasteiger partial charge >= 0.3 is 0 Å². The number of hydrogen-bond donors (Lipinski definition) is 2. The molecule has 7 heteroatoms. The van der Waals surface area contributed by atoms with Gasteiger partial charge in [-0.3, -0.25) is 0 Å². The van der Waals surface area contributed by atoms with E-state index in [2.05, 4.69) is 20.6 Å². The quantitative estimate of drug-likeness (QED) is 0.407. The average molecular weight is 300 g/mol. The summed E-state index contributed by atoms with van der Waals surface area (Å²) in [6, 6.07) is 0. The van der Waals surface area contributed by atoms with Crippen LogP contribution in [0.2, 0.25) is 0 Å². The molecule has 0 bridgehead atoms. The lowest BCUT2D eigenvalue weighted by molar-refractivity contribution is 0.0733. The van der Waals surface area contributed by atoms with Crippen molar-refractivity contribution in [3.05, 3.63) is 16.1 Å². The molecular formula is C13H24N4O2S. The molecule has 0 atom stereocenters. The van der Waals surface area contributed by atoms with Crippen molar-refractivity contribution in [1.82, 2.24) is 15.6 Å². The van der Waals surface area contributed by atoms with Gasteiger partial charge in [0.1, 0.15) is 5.01 Å². The van der Waals surface area contributed by atoms with Gasteiger partial charge in [0.25, 0.3) is 0 Å². The zero-order valence-electron chi connectivity index (χ0n) is 12.4. The third-order valence-electron chi connectivity index (χ3n) is 2.36. The molecule has 1 heterocycles. The molecular weight excluding hydrogens is 276 g/mol. The Hall–Kier alpha value is -1.18. The number of aromatic nitrogens is 1. The van der Waals surface area contributed by atoms with Gasteiger partial charge in [0, 0.05) is 31.3 Å². The molecule has 0 radical (unpaired) electrons. The topological polar surface area (TPSA) is 67.8 Å². The molecule has 1 rings (SSSR count). The first-order valence-electron chi connectivity index (χ1n) is 6.76. The van der Waals surface area contributed by atoms with Gasteiger partial charge in [-0.25, -0.2) is 9.98 Å². The highest BCUT2D eigenvalue weighted by Gasteiger charge is 2.00. The smallest absolute Gasteiger partial charge is 0.191 e. The third kappa shape index (κ3) is 7.42. The zero-order valence-corrected chi connectivity index (χ0v) is 13.3. The highest BCUT2D eigenvalue weighted by atomic mass is 32.1. The predicted octanol–water partition coefficient (Wildman–Crippen LogP) is 1.17. The van der Waals surface area contributed by atoms with Crippen molar-refractivity contribution >= 4 is 17.3 Å². The normalized spacial score (nSPS) is 11.7. The average Bonchev–Trinajstić information content (AvgIpc) is 2.85. The third-order valence-corrected chi connectivity index (χ3v) is 3.25. The second-order valence-corrected chi connectivity index (χ2v) is 5.41. The van der Waals surface area contributed by atoms with E-state index in [1.165, 1.54) is 4.88 Å². The van der Waals surface area contributed by atoms with E-state index in [0.29, 0.717) is 32.9 Å². The SMILES string of the molecule is CCNC(=NCc1ncc(C)s1)NCCOCCOC. The van der Waals surface area contributed by atoms with Crippen LogP contribution in [0.15, 0.2) is 11.2 Å². The standard InChI is InChI=1S/C13H24N4O2S/c1-4-14-13(15-5-6-19-8-7-18-3)17-10-12-16-9-11(2)20-12/h9H,4-8,10H2,1-3H3,(H2,14,15,17). The molecule has 20 heavy (non-hydrogen) atoms. The Kier molecular flexibility index (Phi) is 8.93. The molecule has 0 spiro atoms. The van der Waals surface area contributed by atoms with Gasteiger partial charge in [0.05, 0.1) is 26.4 Å². The minimum absolute atomic E-state index is 0.596. The number of methoxy groups -OCH3 is 1. The fraction of sp³-hybridized carbons (Fsp3) is 0.692. The molecule has 0 aliphatic heterocycles. The summed E-state index contributed by atoms with van der Waals surface area (Å²) in [6.45, 7) is 8.09. The molecule has 114 valence electrons. The number of ether oxygens (including phenoxy) is 2. The van der Waals surface area contributed by atoms with E-state index in [0.717, 1.165) is 17.5 Å². The molecule has 0 amide bonds. The van der Waals surface area contributed by atoms with Gasteiger partial charge < -0.3 is 20.1 Å². The molecule has 0 aromatic carbocycles. The van der Waals surface area contributed by atoms with Crippen LogP contribution in [0.5, 0.6) is 0 Å². The van der Waals surface area contributed by atoms with Crippen molar-refractivity contribution in [2.75, 3.05) is 40.0 Å². The second-order valence-electron chi connectivity index (χ2n) is 4.09. The van der Waals surface area contributed by atoms with Gasteiger partial charge in [0.15, 0.2) is 5.96 Å². The maximum atomic E-state index is 5.39. The van der Waals surface area contributed by atoms with Gasteiger partial charge in [0.2, 0.25) is 0 Å². The van der Waals surface area contributed by atoms with Crippen molar-refractivity contribution in [2.45, 2.75) is 20.4 Å². The maximum Gasteiger partial charge on any atom is 0.191 e. The monoisotopic (exact) mass is 300 g/mol. The Labute approximate surface area is 124 Å². The lowest BCUT2D eigenvalue weighted by Gasteiger charge is -2.11. The van der Waals surface area contributed by atoms with E-state index in [-0.39, 0.29) is 0 Å². The van der Waals surface area contributed by atoms with E-state index in [4.69, 9.17) is 9.47 Å². The molecule has 0 unspecified atom stereocenters. The molecule has 1 aromatic rings. The van der Waals surface area contributed by atoms with Crippen LogP contribution in [0.4, 0.5) is 0 Å². The molecule has 6 nitrogen and oxygen atoms in total. The molecule has 0 aliphatic rings. The fourth-order valence-electron chi connectivity index (χ4n) is 1.45. The van der Waals surface area contributed by atoms with Gasteiger partial charge in [-0.05, 0) is 13.8 Å². The predicted molar refractivity (Wildman–Crippen MR) is 82.4 cm³/mol. The zero-order chi connectivity index (χ0) is 14.6. The minimum atomic E-state index is 0.596. The van der Waals surface area contributed by atoms with Crippen molar-refractivity contribution in [3.8, 4) is 0 Å². The summed E-state index contributed by atoms with van der Waals surface area (Å²) < 4.78 is 10.3. The first kappa shape index (κ1) is 16.9. The van der Waals surface area contributed by atoms with E-state index in [1.54, 1.807) is 18.4 Å². The molecule has 0 saturated heterocycles. The summed E-state index contributed by atoms with van der Waals surface area (Å²) in [5.74, 6) is 0.788. The lowest BCUT2D eigenvalue weighted by Crippen LogP contribution is -2.39. The molecule has 2 N–H and O–H groups in total. The summed E-state index contributed by atoms with van der Waals surface area (Å²) in [5.41, 5.74) is 0. The number of hydrogen-bond acceptors (Lipinski definition) is 5. The molecule has 0 saturated carbocycles. The Morgan fingerprint density at radius 3 is 2.85 bits per heavy atom. The largest absolute Gasteiger partial charge is 0.382 e. The van der Waals surface area contributed by atoms with E-state index in [9.17, 15) is 0 Å². The van der Waals surface area contributed by atoms with Crippen molar-refractivity contribution in [1.29, 1.82) is 0 Å². The van der Waals surface area contributed by atoms with Crippen molar-refractivity contribution < 1.29 is 9.47 Å². The highest BCUT2D eigenvalue weighted by Crippen LogP contribution is 2.11. The Bertz CT molecular complexity index is 395. The molecule has 0 fully saturated rings. The van der Waals surface area contributed by atoms with E-state index in [1.807, 2.05) is 20.0 Å². The minimum Gasteiger partial charge on any atom is -0.382 e. The van der Waals surface area contributed by atoms with Crippen LogP contribution in [0.25, 0.3) is 0 Å². The van der Waals surface area contributed by atoms with Gasteiger partial charge in [-0.15, -0.1) is 11.3 Å². The summed E-state index contributed by atoms with van der Waals surface area (Å²) in [6.07, 6.45) is 1.87. The van der Waals surface area contributed by atoms with E-state index < -0.39 is 0 Å². The molecule has 1 aromatic heterocycles. The van der Waals surface area contributed by atoms with Crippen LogP contribution in [0.1, 0.15) is 16.8 Å². The summed E-state index contributed by atoms with van der Waals surface area (Å²) in [7, 11) is 1.66. The van der Waals surface area contributed by atoms with Crippen LogP contribution >= 0.6 is 11.3 Å². The lowest BCUT2D eigenvalue weighted by atomic mass is 10.6.